The summed E-state index contributed by atoms with van der Waals surface area (Å²) in [5.74, 6) is 0. The Bertz CT molecular complexity index is 1020. The van der Waals surface area contributed by atoms with E-state index >= 15 is 0 Å². The number of hydrogen-bond acceptors (Lipinski definition) is 5. The molecule has 1 atom stereocenters. The van der Waals surface area contributed by atoms with E-state index in [-0.39, 0.29) is 4.90 Å². The van der Waals surface area contributed by atoms with Crippen LogP contribution in [0.3, 0.4) is 0 Å². The molecule has 0 saturated heterocycles. The fourth-order valence-corrected chi connectivity index (χ4v) is 6.67. The number of sulfonamides is 1. The van der Waals surface area contributed by atoms with Gasteiger partial charge in [0.2, 0.25) is 10.0 Å². The van der Waals surface area contributed by atoms with Crippen LogP contribution < -0.4 is 0 Å². The molecule has 0 amide bonds. The number of benzene rings is 1. The smallest absolute Gasteiger partial charge is 0.246 e. The number of hydrogen-bond donors (Lipinski definition) is 0. The number of rotatable bonds is 6. The van der Waals surface area contributed by atoms with E-state index in [1.165, 1.54) is 28.5 Å². The van der Waals surface area contributed by atoms with Crippen molar-refractivity contribution in [3.63, 3.8) is 0 Å². The molecular formula is C17H23N3O4S2. The third-order valence-electron chi connectivity index (χ3n) is 5.29. The molecule has 0 radical (unpaired) electrons. The van der Waals surface area contributed by atoms with E-state index in [2.05, 4.69) is 5.10 Å². The lowest BCUT2D eigenvalue weighted by Crippen LogP contribution is -2.47. The van der Waals surface area contributed by atoms with Gasteiger partial charge in [-0.15, -0.1) is 0 Å². The minimum Gasteiger partial charge on any atom is -0.274 e. The Kier molecular flexibility index (Phi) is 4.53. The molecule has 1 fully saturated rings. The molecule has 142 valence electrons. The average molecular weight is 398 g/mol. The lowest BCUT2D eigenvalue weighted by molar-refractivity contribution is 0.364. The van der Waals surface area contributed by atoms with Crippen LogP contribution in [0.4, 0.5) is 0 Å². The summed E-state index contributed by atoms with van der Waals surface area (Å²) in [5, 5.41) is 4.31. The third-order valence-corrected chi connectivity index (χ3v) is 9.44. The topological polar surface area (TPSA) is 89.3 Å². The first-order valence-corrected chi connectivity index (χ1v) is 11.6. The number of aromatic nitrogens is 2. The summed E-state index contributed by atoms with van der Waals surface area (Å²) in [7, 11) is -4.18. The van der Waals surface area contributed by atoms with Gasteiger partial charge in [0, 0.05) is 38.2 Å². The summed E-state index contributed by atoms with van der Waals surface area (Å²) in [5.41, 5.74) is 1.05. The van der Waals surface area contributed by atoms with Crippen molar-refractivity contribution in [3.8, 4) is 11.3 Å². The van der Waals surface area contributed by atoms with Crippen molar-refractivity contribution in [1.82, 2.24) is 14.1 Å². The Morgan fingerprint density at radius 3 is 2.23 bits per heavy atom. The van der Waals surface area contributed by atoms with Gasteiger partial charge in [0.25, 0.3) is 0 Å². The molecule has 1 aliphatic carbocycles. The second kappa shape index (κ2) is 6.17. The van der Waals surface area contributed by atoms with E-state index in [1.54, 1.807) is 26.1 Å². The lowest BCUT2D eigenvalue weighted by Gasteiger charge is -2.30. The van der Waals surface area contributed by atoms with Gasteiger partial charge in [-0.3, -0.25) is 4.68 Å². The van der Waals surface area contributed by atoms with Crippen LogP contribution in [0.2, 0.25) is 0 Å². The molecule has 0 spiro atoms. The van der Waals surface area contributed by atoms with Crippen LogP contribution in [0.25, 0.3) is 11.3 Å². The highest BCUT2D eigenvalue weighted by Crippen LogP contribution is 2.48. The summed E-state index contributed by atoms with van der Waals surface area (Å²) in [6.45, 7) is 1.66. The van der Waals surface area contributed by atoms with E-state index in [9.17, 15) is 16.8 Å². The average Bonchev–Trinajstić information content (AvgIpc) is 3.31. The first-order valence-electron chi connectivity index (χ1n) is 8.27. The maximum atomic E-state index is 13.3. The molecule has 1 unspecified atom stereocenters. The standard InChI is InChI=1S/C17H23N3O4S2/c1-13(17(10-11-17)25(4,21)22)20(3)26(23,24)15-12-19(2)18-16(15)14-8-6-5-7-9-14/h5-9,12-13H,10-11H2,1-4H3. The number of nitrogens with zero attached hydrogens (tertiary/aromatic N) is 3. The van der Waals surface area contributed by atoms with Gasteiger partial charge in [-0.2, -0.15) is 9.40 Å². The second-order valence-corrected chi connectivity index (χ2v) is 11.2. The van der Waals surface area contributed by atoms with Crippen molar-refractivity contribution in [2.75, 3.05) is 13.3 Å². The number of sulfone groups is 1. The molecule has 7 nitrogen and oxygen atoms in total. The molecule has 26 heavy (non-hydrogen) atoms. The molecule has 1 aliphatic rings. The Morgan fingerprint density at radius 1 is 1.15 bits per heavy atom. The van der Waals surface area contributed by atoms with E-state index in [0.29, 0.717) is 24.1 Å². The summed E-state index contributed by atoms with van der Waals surface area (Å²) in [6, 6.07) is 8.40. The van der Waals surface area contributed by atoms with Crippen molar-refractivity contribution in [3.05, 3.63) is 36.5 Å². The molecule has 2 aromatic rings. The first-order chi connectivity index (χ1) is 12.0. The highest BCUT2D eigenvalue weighted by atomic mass is 32.2. The summed E-state index contributed by atoms with van der Waals surface area (Å²) >= 11 is 0. The highest BCUT2D eigenvalue weighted by Gasteiger charge is 2.58. The SMILES string of the molecule is CC(N(C)S(=O)(=O)c1cn(C)nc1-c1ccccc1)C1(S(C)(=O)=O)CC1. The van der Waals surface area contributed by atoms with Crippen LogP contribution in [0.5, 0.6) is 0 Å². The molecule has 0 aliphatic heterocycles. The minimum atomic E-state index is -3.91. The zero-order valence-electron chi connectivity index (χ0n) is 15.2. The van der Waals surface area contributed by atoms with Crippen LogP contribution in [-0.4, -0.2) is 55.0 Å². The molecule has 1 aromatic heterocycles. The molecular weight excluding hydrogens is 374 g/mol. The molecule has 1 aromatic carbocycles. The zero-order valence-corrected chi connectivity index (χ0v) is 16.9. The highest BCUT2D eigenvalue weighted by molar-refractivity contribution is 7.92. The zero-order chi connectivity index (χ0) is 19.3. The molecule has 1 heterocycles. The molecule has 0 N–H and O–H groups in total. The van der Waals surface area contributed by atoms with Crippen molar-refractivity contribution >= 4 is 19.9 Å². The van der Waals surface area contributed by atoms with Crippen LogP contribution in [-0.2, 0) is 26.9 Å². The van der Waals surface area contributed by atoms with E-state index in [4.69, 9.17) is 0 Å². The van der Waals surface area contributed by atoms with Gasteiger partial charge in [0.05, 0.1) is 4.75 Å². The maximum absolute atomic E-state index is 13.3. The van der Waals surface area contributed by atoms with Crippen LogP contribution >= 0.6 is 0 Å². The fourth-order valence-electron chi connectivity index (χ4n) is 3.37. The van der Waals surface area contributed by atoms with Gasteiger partial charge in [0.15, 0.2) is 9.84 Å². The normalized spacial score (nSPS) is 18.0. The Hall–Kier alpha value is -1.71. The predicted octanol–water partition coefficient (Wildman–Crippen LogP) is 1.67. The first kappa shape index (κ1) is 19.1. The molecule has 1 saturated carbocycles. The summed E-state index contributed by atoms with van der Waals surface area (Å²) in [4.78, 5) is 0.0739. The van der Waals surface area contributed by atoms with E-state index in [0.717, 1.165) is 0 Å². The number of aryl methyl sites for hydroxylation is 1. The maximum Gasteiger partial charge on any atom is 0.246 e. The summed E-state index contributed by atoms with van der Waals surface area (Å²) in [6.07, 6.45) is 3.59. The monoisotopic (exact) mass is 397 g/mol. The summed E-state index contributed by atoms with van der Waals surface area (Å²) < 4.78 is 52.5. The van der Waals surface area contributed by atoms with Crippen molar-refractivity contribution < 1.29 is 16.8 Å². The molecule has 3 rings (SSSR count). The Labute approximate surface area is 154 Å². The molecule has 0 bridgehead atoms. The predicted molar refractivity (Wildman–Crippen MR) is 99.9 cm³/mol. The largest absolute Gasteiger partial charge is 0.274 e. The van der Waals surface area contributed by atoms with Crippen molar-refractivity contribution in [2.24, 2.45) is 7.05 Å². The van der Waals surface area contributed by atoms with Gasteiger partial charge < -0.3 is 0 Å². The van der Waals surface area contributed by atoms with E-state index in [1.807, 2.05) is 18.2 Å². The van der Waals surface area contributed by atoms with Crippen LogP contribution in [0.1, 0.15) is 19.8 Å². The fraction of sp³-hybridized carbons (Fsp3) is 0.471. The minimum absolute atomic E-state index is 0.0739. The lowest BCUT2D eigenvalue weighted by atomic mass is 10.2. The quantitative estimate of drug-likeness (QED) is 0.740. The Morgan fingerprint density at radius 2 is 1.73 bits per heavy atom. The van der Waals surface area contributed by atoms with Crippen molar-refractivity contribution in [2.45, 2.75) is 35.4 Å². The van der Waals surface area contributed by atoms with Gasteiger partial charge in [-0.05, 0) is 19.8 Å². The van der Waals surface area contributed by atoms with Crippen LogP contribution in [0, 0.1) is 0 Å². The third kappa shape index (κ3) is 2.97. The van der Waals surface area contributed by atoms with Gasteiger partial charge in [0.1, 0.15) is 10.6 Å². The van der Waals surface area contributed by atoms with E-state index < -0.39 is 30.6 Å². The van der Waals surface area contributed by atoms with Gasteiger partial charge in [-0.1, -0.05) is 30.3 Å². The Balaban J connectivity index is 2.05. The van der Waals surface area contributed by atoms with Crippen LogP contribution in [0.15, 0.2) is 41.4 Å². The molecule has 9 heteroatoms. The van der Waals surface area contributed by atoms with Gasteiger partial charge >= 0.3 is 0 Å². The van der Waals surface area contributed by atoms with Crippen molar-refractivity contribution in [1.29, 1.82) is 0 Å². The van der Waals surface area contributed by atoms with Gasteiger partial charge in [-0.25, -0.2) is 16.8 Å². The second-order valence-electron chi connectivity index (χ2n) is 6.92.